The first-order valence-electron chi connectivity index (χ1n) is 7.35. The zero-order valence-electron chi connectivity index (χ0n) is 13.3. The van der Waals surface area contributed by atoms with Crippen molar-refractivity contribution in [2.75, 3.05) is 6.61 Å². The summed E-state index contributed by atoms with van der Waals surface area (Å²) in [6.07, 6.45) is 0. The van der Waals surface area contributed by atoms with Gasteiger partial charge in [-0.15, -0.1) is 0 Å². The quantitative estimate of drug-likeness (QED) is 0.445. The largest absolute Gasteiger partial charge is 0.461 e. The molecule has 1 aromatic carbocycles. The molecule has 0 aliphatic carbocycles. The van der Waals surface area contributed by atoms with Crippen LogP contribution in [0.3, 0.4) is 0 Å². The second-order valence-corrected chi connectivity index (χ2v) is 5.80. The Bertz CT molecular complexity index is 803. The lowest BCUT2D eigenvalue weighted by Crippen LogP contribution is -2.10. The number of esters is 1. The van der Waals surface area contributed by atoms with Crippen molar-refractivity contribution in [1.29, 1.82) is 0 Å². The number of rotatable bonds is 6. The molecule has 136 valence electrons. The van der Waals surface area contributed by atoms with E-state index in [1.165, 1.54) is 12.1 Å². The fourth-order valence-corrected chi connectivity index (χ4v) is 3.29. The van der Waals surface area contributed by atoms with Crippen molar-refractivity contribution >= 4 is 29.2 Å². The third-order valence-corrected chi connectivity index (χ3v) is 4.50. The van der Waals surface area contributed by atoms with E-state index in [0.717, 1.165) is 0 Å². The Morgan fingerprint density at radius 2 is 1.76 bits per heavy atom. The Labute approximate surface area is 153 Å². The fourth-order valence-electron chi connectivity index (χ4n) is 2.61. The summed E-state index contributed by atoms with van der Waals surface area (Å²) < 4.78 is 5.26. The minimum Gasteiger partial charge on any atom is -0.461 e. The molecule has 0 aliphatic rings. The van der Waals surface area contributed by atoms with E-state index in [-0.39, 0.29) is 40.2 Å². The van der Waals surface area contributed by atoms with Crippen LogP contribution in [0.15, 0.2) is 12.1 Å². The van der Waals surface area contributed by atoms with E-state index < -0.39 is 19.2 Å². The van der Waals surface area contributed by atoms with Gasteiger partial charge in [0.2, 0.25) is 0 Å². The second kappa shape index (κ2) is 8.07. The number of ether oxygens (including phenoxy) is 1. The Kier molecular flexibility index (Phi) is 6.31. The molecule has 0 bridgehead atoms. The van der Waals surface area contributed by atoms with Crippen LogP contribution >= 0.6 is 23.2 Å². The summed E-state index contributed by atoms with van der Waals surface area (Å²) >= 11 is 12.4. The van der Waals surface area contributed by atoms with Crippen LogP contribution in [-0.4, -0.2) is 37.8 Å². The van der Waals surface area contributed by atoms with Crippen molar-refractivity contribution in [1.82, 2.24) is 4.73 Å². The van der Waals surface area contributed by atoms with Crippen LogP contribution < -0.4 is 0 Å². The van der Waals surface area contributed by atoms with Crippen molar-refractivity contribution in [2.45, 2.75) is 26.7 Å². The number of hydrogen-bond acceptors (Lipinski definition) is 6. The van der Waals surface area contributed by atoms with Gasteiger partial charge in [0, 0.05) is 5.56 Å². The van der Waals surface area contributed by atoms with Gasteiger partial charge in [-0.3, -0.25) is 0 Å². The molecule has 4 N–H and O–H groups in total. The maximum atomic E-state index is 12.0. The van der Waals surface area contributed by atoms with Gasteiger partial charge in [0.15, 0.2) is 10.8 Å². The maximum absolute atomic E-state index is 12.0. The average Bonchev–Trinajstić information content (AvgIpc) is 2.82. The van der Waals surface area contributed by atoms with E-state index in [9.17, 15) is 25.3 Å². The van der Waals surface area contributed by atoms with Crippen molar-refractivity contribution < 1.29 is 30.1 Å². The van der Waals surface area contributed by atoms with Gasteiger partial charge in [-0.2, -0.15) is 4.73 Å². The van der Waals surface area contributed by atoms with Gasteiger partial charge in [-0.1, -0.05) is 35.3 Å². The molecule has 0 unspecified atom stereocenters. The lowest BCUT2D eigenvalue weighted by Gasteiger charge is -2.15. The summed E-state index contributed by atoms with van der Waals surface area (Å²) in [5.41, 5.74) is 1.10. The Hall–Kier alpha value is -1.77. The van der Waals surface area contributed by atoms with Gasteiger partial charge in [0.05, 0.1) is 31.5 Å². The second-order valence-electron chi connectivity index (χ2n) is 5.06. The predicted octanol–water partition coefficient (Wildman–Crippen LogP) is 2.35. The molecule has 0 radical (unpaired) electrons. The fraction of sp³-hybridized carbons (Fsp3) is 0.312. The summed E-state index contributed by atoms with van der Waals surface area (Å²) in [4.78, 5) is 12.0. The monoisotopic (exact) mass is 389 g/mol. The summed E-state index contributed by atoms with van der Waals surface area (Å²) in [6, 6.07) is 3.06. The summed E-state index contributed by atoms with van der Waals surface area (Å²) in [5, 5.41) is 38.4. The standard InChI is InChI=1S/C16H17Cl2NO6/c1-2-25-16(23)14-13(17)12(15(18)19(14)24)9-4-3-8(5-20)10(6-21)11(9)7-22/h3-4,20-22,24H,2,5-7H2,1H3. The first-order valence-corrected chi connectivity index (χ1v) is 8.11. The van der Waals surface area contributed by atoms with Crippen molar-refractivity contribution in [2.24, 2.45) is 0 Å². The highest BCUT2D eigenvalue weighted by molar-refractivity contribution is 6.41. The highest BCUT2D eigenvalue weighted by atomic mass is 35.5. The number of hydrogen-bond donors (Lipinski definition) is 4. The van der Waals surface area contributed by atoms with Crippen molar-refractivity contribution in [3.63, 3.8) is 0 Å². The molecule has 0 spiro atoms. The highest BCUT2D eigenvalue weighted by Gasteiger charge is 2.29. The molecular formula is C16H17Cl2NO6. The van der Waals surface area contributed by atoms with Crippen molar-refractivity contribution in [3.05, 3.63) is 44.7 Å². The normalized spacial score (nSPS) is 11.0. The van der Waals surface area contributed by atoms with E-state index in [4.69, 9.17) is 27.9 Å². The Balaban J connectivity index is 2.76. The lowest BCUT2D eigenvalue weighted by molar-refractivity contribution is 0.0476. The van der Waals surface area contributed by atoms with Crippen molar-refractivity contribution in [3.8, 4) is 11.1 Å². The molecule has 0 fully saturated rings. The predicted molar refractivity (Wildman–Crippen MR) is 90.8 cm³/mol. The average molecular weight is 390 g/mol. The van der Waals surface area contributed by atoms with Crippen LogP contribution in [0.2, 0.25) is 10.2 Å². The highest BCUT2D eigenvalue weighted by Crippen LogP contribution is 2.42. The number of halogens is 2. The number of carbonyl (C=O) groups is 1. The molecule has 1 heterocycles. The molecular weight excluding hydrogens is 373 g/mol. The van der Waals surface area contributed by atoms with Crippen LogP contribution in [-0.2, 0) is 24.6 Å². The van der Waals surface area contributed by atoms with Gasteiger partial charge in [-0.25, -0.2) is 4.79 Å². The molecule has 25 heavy (non-hydrogen) atoms. The van der Waals surface area contributed by atoms with Gasteiger partial charge >= 0.3 is 5.97 Å². The smallest absolute Gasteiger partial charge is 0.360 e. The molecule has 0 saturated carbocycles. The van der Waals surface area contributed by atoms with Crippen LogP contribution in [0.5, 0.6) is 0 Å². The number of aliphatic hydroxyl groups excluding tert-OH is 3. The Morgan fingerprint density at radius 1 is 1.12 bits per heavy atom. The number of carbonyl (C=O) groups excluding carboxylic acids is 1. The first-order chi connectivity index (χ1) is 11.9. The number of aliphatic hydroxyl groups is 3. The molecule has 2 rings (SSSR count). The minimum atomic E-state index is -0.858. The minimum absolute atomic E-state index is 0.0784. The van der Waals surface area contributed by atoms with Crippen LogP contribution in [0.1, 0.15) is 34.1 Å². The lowest BCUT2D eigenvalue weighted by atomic mass is 9.93. The third-order valence-electron chi connectivity index (χ3n) is 3.78. The summed E-state index contributed by atoms with van der Waals surface area (Å²) in [6.45, 7) is 0.440. The zero-order valence-corrected chi connectivity index (χ0v) is 14.8. The van der Waals surface area contributed by atoms with Crippen LogP contribution in [0.25, 0.3) is 11.1 Å². The molecule has 0 saturated heterocycles. The molecule has 2 aromatic rings. The summed E-state index contributed by atoms with van der Waals surface area (Å²) in [5.74, 6) is -0.858. The van der Waals surface area contributed by atoms with Gasteiger partial charge in [0.1, 0.15) is 0 Å². The molecule has 0 amide bonds. The zero-order chi connectivity index (χ0) is 18.7. The van der Waals surface area contributed by atoms with Gasteiger partial charge in [0.25, 0.3) is 0 Å². The SMILES string of the molecule is CCOC(=O)c1c(Cl)c(-c2ccc(CO)c(CO)c2CO)c(Cl)n1O. The molecule has 1 aromatic heterocycles. The van der Waals surface area contributed by atoms with Crippen LogP contribution in [0, 0.1) is 0 Å². The van der Waals surface area contributed by atoms with Crippen LogP contribution in [0.4, 0.5) is 0 Å². The topological polar surface area (TPSA) is 112 Å². The molecule has 9 heteroatoms. The van der Waals surface area contributed by atoms with E-state index >= 15 is 0 Å². The summed E-state index contributed by atoms with van der Waals surface area (Å²) in [7, 11) is 0. The maximum Gasteiger partial charge on any atom is 0.360 e. The van der Waals surface area contributed by atoms with Gasteiger partial charge in [-0.05, 0) is 29.2 Å². The number of nitrogens with zero attached hydrogens (tertiary/aromatic N) is 1. The molecule has 0 atom stereocenters. The van der Waals surface area contributed by atoms with E-state index in [1.807, 2.05) is 0 Å². The Morgan fingerprint density at radius 3 is 2.28 bits per heavy atom. The van der Waals surface area contributed by atoms with E-state index in [1.54, 1.807) is 6.92 Å². The molecule has 0 aliphatic heterocycles. The third kappa shape index (κ3) is 3.33. The van der Waals surface area contributed by atoms with E-state index in [2.05, 4.69) is 0 Å². The number of aromatic nitrogens is 1. The molecule has 7 nitrogen and oxygen atoms in total. The van der Waals surface area contributed by atoms with E-state index in [0.29, 0.717) is 21.4 Å². The number of benzene rings is 1. The first kappa shape index (κ1) is 19.6. The van der Waals surface area contributed by atoms with Gasteiger partial charge < -0.3 is 25.3 Å².